The van der Waals surface area contributed by atoms with E-state index >= 15 is 0 Å². The van der Waals surface area contributed by atoms with Crippen LogP contribution in [0.4, 0.5) is 0 Å². The molecule has 0 aliphatic rings. The summed E-state index contributed by atoms with van der Waals surface area (Å²) in [5, 5.41) is 1.96. The first-order valence-corrected chi connectivity index (χ1v) is 6.64. The minimum absolute atomic E-state index is 0.109. The van der Waals surface area contributed by atoms with Crippen molar-refractivity contribution in [2.75, 3.05) is 7.05 Å². The average molecular weight is 291 g/mol. The molecule has 1 atom stereocenters. The van der Waals surface area contributed by atoms with E-state index in [-0.39, 0.29) is 10.7 Å². The number of hydrogen-bond donors (Lipinski definition) is 0. The number of aromatic nitrogens is 1. The summed E-state index contributed by atoms with van der Waals surface area (Å²) in [6.07, 6.45) is 0. The van der Waals surface area contributed by atoms with Gasteiger partial charge in [-0.2, -0.15) is 0 Å². The van der Waals surface area contributed by atoms with Gasteiger partial charge in [0.05, 0.1) is 22.6 Å². The van der Waals surface area contributed by atoms with Gasteiger partial charge in [-0.1, -0.05) is 29.8 Å². The number of nitrogens with zero attached hydrogens (tertiary/aromatic N) is 2. The molecule has 1 rings (SSSR count). The minimum Gasteiger partial charge on any atom is -0.339 e. The molecule has 1 unspecified atom stereocenters. The van der Waals surface area contributed by atoms with Crippen molar-refractivity contribution in [3.8, 4) is 0 Å². The summed E-state index contributed by atoms with van der Waals surface area (Å²) in [6, 6.07) is 0. The molecule has 5 heteroatoms. The van der Waals surface area contributed by atoms with Crippen molar-refractivity contribution < 1.29 is 4.79 Å². The van der Waals surface area contributed by atoms with E-state index in [4.69, 9.17) is 0 Å². The zero-order valence-corrected chi connectivity index (χ0v) is 11.5. The molecule has 0 aromatic carbocycles. The monoisotopic (exact) mass is 290 g/mol. The van der Waals surface area contributed by atoms with Gasteiger partial charge in [-0.25, -0.2) is 4.98 Å². The van der Waals surface area contributed by atoms with Gasteiger partial charge in [0.2, 0.25) is 5.91 Å². The van der Waals surface area contributed by atoms with Gasteiger partial charge >= 0.3 is 0 Å². The van der Waals surface area contributed by atoms with Crippen LogP contribution in [0.25, 0.3) is 0 Å². The number of amides is 1. The van der Waals surface area contributed by atoms with Crippen molar-refractivity contribution in [2.45, 2.75) is 25.2 Å². The van der Waals surface area contributed by atoms with Crippen molar-refractivity contribution in [3.05, 3.63) is 16.6 Å². The van der Waals surface area contributed by atoms with Crippen LogP contribution in [-0.2, 0) is 11.3 Å². The maximum absolute atomic E-state index is 11.9. The van der Waals surface area contributed by atoms with Gasteiger partial charge in [0.15, 0.2) is 0 Å². The van der Waals surface area contributed by atoms with Gasteiger partial charge in [-0.15, -0.1) is 11.3 Å². The van der Waals surface area contributed by atoms with Crippen LogP contribution in [0.15, 0.2) is 10.9 Å². The first-order chi connectivity index (χ1) is 7.02. The van der Waals surface area contributed by atoms with E-state index in [2.05, 4.69) is 20.9 Å². The van der Waals surface area contributed by atoms with E-state index in [1.165, 1.54) is 0 Å². The highest BCUT2D eigenvalue weighted by molar-refractivity contribution is 9.10. The van der Waals surface area contributed by atoms with E-state index in [0.29, 0.717) is 12.5 Å². The van der Waals surface area contributed by atoms with Crippen LogP contribution in [0.2, 0.25) is 0 Å². The van der Waals surface area contributed by atoms with Gasteiger partial charge in [0.1, 0.15) is 0 Å². The maximum Gasteiger partial charge on any atom is 0.236 e. The highest BCUT2D eigenvalue weighted by Crippen LogP contribution is 2.15. The van der Waals surface area contributed by atoms with Crippen LogP contribution in [0, 0.1) is 5.92 Å². The third kappa shape index (κ3) is 3.57. The standard InChI is InChI=1S/C10H15BrN2OS/c1-7(2)9(11)10(14)13(3)4-8-5-15-6-12-8/h5-7,9H,4H2,1-3H3. The molecule has 0 aliphatic carbocycles. The quantitative estimate of drug-likeness (QED) is 0.799. The summed E-state index contributed by atoms with van der Waals surface area (Å²) in [7, 11) is 1.80. The van der Waals surface area contributed by atoms with Gasteiger partial charge in [0, 0.05) is 12.4 Å². The fourth-order valence-corrected chi connectivity index (χ4v) is 2.03. The Balaban J connectivity index is 2.54. The zero-order chi connectivity index (χ0) is 11.4. The fraction of sp³-hybridized carbons (Fsp3) is 0.600. The molecule has 0 aliphatic heterocycles. The largest absolute Gasteiger partial charge is 0.339 e. The van der Waals surface area contributed by atoms with Crippen molar-refractivity contribution in [1.82, 2.24) is 9.88 Å². The number of thiazole rings is 1. The van der Waals surface area contributed by atoms with Crippen molar-refractivity contribution >= 4 is 33.2 Å². The number of hydrogen-bond acceptors (Lipinski definition) is 3. The van der Waals surface area contributed by atoms with Crippen molar-refractivity contribution in [1.29, 1.82) is 0 Å². The molecule has 0 saturated carbocycles. The van der Waals surface area contributed by atoms with Crippen LogP contribution >= 0.6 is 27.3 Å². The Morgan fingerprint density at radius 1 is 1.67 bits per heavy atom. The molecule has 0 radical (unpaired) electrons. The van der Waals surface area contributed by atoms with E-state index < -0.39 is 0 Å². The molecule has 84 valence electrons. The second-order valence-electron chi connectivity index (χ2n) is 3.82. The Bertz CT molecular complexity index is 313. The van der Waals surface area contributed by atoms with Gasteiger partial charge < -0.3 is 4.90 Å². The van der Waals surface area contributed by atoms with Crippen molar-refractivity contribution in [3.63, 3.8) is 0 Å². The third-order valence-electron chi connectivity index (χ3n) is 2.08. The molecule has 0 fully saturated rings. The molecule has 0 saturated heterocycles. The Labute approximate surface area is 103 Å². The molecule has 0 bridgehead atoms. The number of halogens is 1. The summed E-state index contributed by atoms with van der Waals surface area (Å²) < 4.78 is 0. The second-order valence-corrected chi connectivity index (χ2v) is 5.53. The highest BCUT2D eigenvalue weighted by atomic mass is 79.9. The lowest BCUT2D eigenvalue weighted by Crippen LogP contribution is -2.35. The average Bonchev–Trinajstić information content (AvgIpc) is 2.67. The number of carbonyl (C=O) groups is 1. The van der Waals surface area contributed by atoms with E-state index in [0.717, 1.165) is 5.69 Å². The predicted molar refractivity (Wildman–Crippen MR) is 66.1 cm³/mol. The summed E-state index contributed by atoms with van der Waals surface area (Å²) in [4.78, 5) is 17.6. The maximum atomic E-state index is 11.9. The van der Waals surface area contributed by atoms with Crippen LogP contribution in [-0.4, -0.2) is 27.7 Å². The predicted octanol–water partition coefficient (Wildman–Crippen LogP) is 2.52. The molecule has 1 heterocycles. The first-order valence-electron chi connectivity index (χ1n) is 4.78. The Morgan fingerprint density at radius 3 is 2.80 bits per heavy atom. The normalized spacial score (nSPS) is 12.9. The second kappa shape index (κ2) is 5.61. The zero-order valence-electron chi connectivity index (χ0n) is 9.11. The fourth-order valence-electron chi connectivity index (χ4n) is 1.13. The van der Waals surface area contributed by atoms with E-state index in [9.17, 15) is 4.79 Å². The Hall–Kier alpha value is -0.420. The lowest BCUT2D eigenvalue weighted by molar-refractivity contribution is -0.130. The minimum atomic E-state index is -0.110. The molecule has 0 N–H and O–H groups in total. The van der Waals surface area contributed by atoms with Gasteiger partial charge in [-0.3, -0.25) is 4.79 Å². The molecule has 0 spiro atoms. The SMILES string of the molecule is CC(C)C(Br)C(=O)N(C)Cc1cscn1. The number of rotatable bonds is 4. The highest BCUT2D eigenvalue weighted by Gasteiger charge is 2.22. The van der Waals surface area contributed by atoms with Crippen LogP contribution < -0.4 is 0 Å². The molecule has 3 nitrogen and oxygen atoms in total. The van der Waals surface area contributed by atoms with Crippen molar-refractivity contribution in [2.24, 2.45) is 5.92 Å². The molecule has 1 aromatic heterocycles. The summed E-state index contributed by atoms with van der Waals surface area (Å²) in [5.41, 5.74) is 2.72. The molecule has 1 aromatic rings. The number of alkyl halides is 1. The summed E-state index contributed by atoms with van der Waals surface area (Å²) >= 11 is 4.95. The number of carbonyl (C=O) groups excluding carboxylic acids is 1. The Morgan fingerprint density at radius 2 is 2.33 bits per heavy atom. The lowest BCUT2D eigenvalue weighted by Gasteiger charge is -2.21. The smallest absolute Gasteiger partial charge is 0.236 e. The Kier molecular flexibility index (Phi) is 4.73. The van der Waals surface area contributed by atoms with E-state index in [1.54, 1.807) is 28.8 Å². The lowest BCUT2D eigenvalue weighted by atomic mass is 10.1. The first kappa shape index (κ1) is 12.6. The van der Waals surface area contributed by atoms with Crippen LogP contribution in [0.3, 0.4) is 0 Å². The van der Waals surface area contributed by atoms with Crippen LogP contribution in [0.1, 0.15) is 19.5 Å². The van der Waals surface area contributed by atoms with Crippen LogP contribution in [0.5, 0.6) is 0 Å². The molecule has 1 amide bonds. The van der Waals surface area contributed by atoms with Gasteiger partial charge in [0.25, 0.3) is 0 Å². The summed E-state index contributed by atoms with van der Waals surface area (Å²) in [5.74, 6) is 0.411. The topological polar surface area (TPSA) is 33.2 Å². The third-order valence-corrected chi connectivity index (χ3v) is 4.16. The molecule has 15 heavy (non-hydrogen) atoms. The molecular weight excluding hydrogens is 276 g/mol. The summed E-state index contributed by atoms with van der Waals surface area (Å²) in [6.45, 7) is 4.62. The molecular formula is C10H15BrN2OS. The van der Waals surface area contributed by atoms with Gasteiger partial charge in [-0.05, 0) is 5.92 Å². The van der Waals surface area contributed by atoms with E-state index in [1.807, 2.05) is 19.2 Å².